The lowest BCUT2D eigenvalue weighted by Crippen LogP contribution is -2.27. The maximum absolute atomic E-state index is 12.4. The van der Waals surface area contributed by atoms with Crippen molar-refractivity contribution in [3.63, 3.8) is 0 Å². The molecule has 22 heavy (non-hydrogen) atoms. The number of carbonyl (C=O) groups is 2. The summed E-state index contributed by atoms with van der Waals surface area (Å²) in [6.07, 6.45) is 5.03. The van der Waals surface area contributed by atoms with Crippen LogP contribution >= 0.6 is 11.8 Å². The zero-order chi connectivity index (χ0) is 15.5. The molecule has 0 spiro atoms. The van der Waals surface area contributed by atoms with Crippen LogP contribution in [0, 0.1) is 6.92 Å². The number of aryl methyl sites for hydroxylation is 1. The van der Waals surface area contributed by atoms with E-state index in [1.807, 2.05) is 37.3 Å². The minimum absolute atomic E-state index is 0.235. The molecule has 0 bridgehead atoms. The number of carbonyl (C=O) groups excluding carboxylic acids is 2. The third-order valence-electron chi connectivity index (χ3n) is 3.28. The van der Waals surface area contributed by atoms with Gasteiger partial charge in [-0.1, -0.05) is 35.9 Å². The van der Waals surface area contributed by atoms with E-state index in [0.717, 1.165) is 28.5 Å². The van der Waals surface area contributed by atoms with Crippen molar-refractivity contribution in [2.24, 2.45) is 0 Å². The smallest absolute Gasteiger partial charge is 0.268 e. The average molecular weight is 310 g/mol. The summed E-state index contributed by atoms with van der Waals surface area (Å²) in [5.41, 5.74) is 2.86. The average Bonchev–Trinajstić information content (AvgIpc) is 2.76. The summed E-state index contributed by atoms with van der Waals surface area (Å²) in [5, 5.41) is -0.235. The van der Waals surface area contributed by atoms with Crippen LogP contribution in [0.5, 0.6) is 0 Å². The zero-order valence-electron chi connectivity index (χ0n) is 12.0. The molecule has 5 heteroatoms. The van der Waals surface area contributed by atoms with Gasteiger partial charge < -0.3 is 0 Å². The van der Waals surface area contributed by atoms with E-state index in [1.54, 1.807) is 24.5 Å². The fourth-order valence-corrected chi connectivity index (χ4v) is 3.08. The molecule has 1 aliphatic rings. The molecule has 1 aromatic heterocycles. The topological polar surface area (TPSA) is 50.3 Å². The van der Waals surface area contributed by atoms with Crippen molar-refractivity contribution in [3.8, 4) is 0 Å². The largest absolute Gasteiger partial charge is 0.293 e. The second-order valence-corrected chi connectivity index (χ2v) is 6.04. The first-order valence-electron chi connectivity index (χ1n) is 6.84. The maximum atomic E-state index is 12.4. The number of thioether (sulfide) groups is 1. The van der Waals surface area contributed by atoms with Gasteiger partial charge in [0, 0.05) is 12.4 Å². The van der Waals surface area contributed by atoms with Crippen molar-refractivity contribution in [1.29, 1.82) is 0 Å². The SMILES string of the molecule is Cc1cccc(CN2C(=O)S/C(=C/c3cccnc3)C2=O)c1. The van der Waals surface area contributed by atoms with Gasteiger partial charge >= 0.3 is 0 Å². The van der Waals surface area contributed by atoms with Crippen LogP contribution in [-0.4, -0.2) is 21.0 Å². The Kier molecular flexibility index (Phi) is 4.06. The number of rotatable bonds is 3. The van der Waals surface area contributed by atoms with E-state index in [2.05, 4.69) is 4.98 Å². The second-order valence-electron chi connectivity index (χ2n) is 5.04. The quantitative estimate of drug-likeness (QED) is 0.812. The highest BCUT2D eigenvalue weighted by Crippen LogP contribution is 2.33. The standard InChI is InChI=1S/C17H14N2O2S/c1-12-4-2-5-14(8-12)11-19-16(20)15(22-17(19)21)9-13-6-3-7-18-10-13/h2-10H,11H2,1H3/b15-9+. The van der Waals surface area contributed by atoms with Crippen LogP contribution in [0.4, 0.5) is 4.79 Å². The number of benzene rings is 1. The van der Waals surface area contributed by atoms with Crippen LogP contribution in [0.3, 0.4) is 0 Å². The molecule has 1 fully saturated rings. The molecule has 110 valence electrons. The highest BCUT2D eigenvalue weighted by Gasteiger charge is 2.34. The summed E-state index contributed by atoms with van der Waals surface area (Å²) in [4.78, 5) is 30.2. The molecular formula is C17H14N2O2S. The van der Waals surface area contributed by atoms with Crippen molar-refractivity contribution < 1.29 is 9.59 Å². The van der Waals surface area contributed by atoms with Gasteiger partial charge in [0.25, 0.3) is 11.1 Å². The van der Waals surface area contributed by atoms with Gasteiger partial charge in [-0.2, -0.15) is 0 Å². The number of imide groups is 1. The lowest BCUT2D eigenvalue weighted by atomic mass is 10.1. The number of hydrogen-bond donors (Lipinski definition) is 0. The van der Waals surface area contributed by atoms with Crippen LogP contribution in [-0.2, 0) is 11.3 Å². The molecule has 2 amide bonds. The first kappa shape index (κ1) is 14.5. The summed E-state index contributed by atoms with van der Waals surface area (Å²) >= 11 is 0.971. The monoisotopic (exact) mass is 310 g/mol. The van der Waals surface area contributed by atoms with Gasteiger partial charge in [0.2, 0.25) is 0 Å². The number of nitrogens with zero attached hydrogens (tertiary/aromatic N) is 2. The Bertz CT molecular complexity index is 756. The molecule has 0 aliphatic carbocycles. The minimum atomic E-state index is -0.250. The Morgan fingerprint density at radius 1 is 1.23 bits per heavy atom. The van der Waals surface area contributed by atoms with E-state index in [1.165, 1.54) is 4.90 Å². The minimum Gasteiger partial charge on any atom is -0.268 e. The van der Waals surface area contributed by atoms with Crippen molar-refractivity contribution >= 4 is 29.0 Å². The van der Waals surface area contributed by atoms with E-state index in [0.29, 0.717) is 11.4 Å². The third-order valence-corrected chi connectivity index (χ3v) is 4.19. The fraction of sp³-hybridized carbons (Fsp3) is 0.118. The molecular weight excluding hydrogens is 296 g/mol. The molecule has 0 N–H and O–H groups in total. The van der Waals surface area contributed by atoms with Gasteiger partial charge in [-0.3, -0.25) is 19.5 Å². The number of pyridine rings is 1. The highest BCUT2D eigenvalue weighted by atomic mass is 32.2. The Balaban J connectivity index is 1.81. The van der Waals surface area contributed by atoms with Crippen LogP contribution < -0.4 is 0 Å². The van der Waals surface area contributed by atoms with Gasteiger partial charge in [-0.25, -0.2) is 0 Å². The molecule has 2 heterocycles. The van der Waals surface area contributed by atoms with Gasteiger partial charge in [-0.05, 0) is 42.0 Å². The van der Waals surface area contributed by atoms with E-state index in [-0.39, 0.29) is 11.1 Å². The lowest BCUT2D eigenvalue weighted by Gasteiger charge is -2.12. The Hall–Kier alpha value is -2.40. The number of aromatic nitrogens is 1. The van der Waals surface area contributed by atoms with E-state index in [4.69, 9.17) is 0 Å². The van der Waals surface area contributed by atoms with Gasteiger partial charge in [0.05, 0.1) is 11.4 Å². The molecule has 4 nitrogen and oxygen atoms in total. The van der Waals surface area contributed by atoms with Crippen LogP contribution in [0.1, 0.15) is 16.7 Å². The molecule has 3 rings (SSSR count). The summed E-state index contributed by atoms with van der Waals surface area (Å²) in [6, 6.07) is 11.5. The molecule has 2 aromatic rings. The molecule has 1 aliphatic heterocycles. The van der Waals surface area contributed by atoms with Gasteiger partial charge in [0.15, 0.2) is 0 Å². The predicted octanol–water partition coefficient (Wildman–Crippen LogP) is 3.63. The molecule has 0 saturated carbocycles. The zero-order valence-corrected chi connectivity index (χ0v) is 12.8. The first-order chi connectivity index (χ1) is 10.6. The summed E-state index contributed by atoms with van der Waals surface area (Å²) < 4.78 is 0. The predicted molar refractivity (Wildman–Crippen MR) is 86.9 cm³/mol. The van der Waals surface area contributed by atoms with E-state index < -0.39 is 0 Å². The number of amides is 2. The van der Waals surface area contributed by atoms with Gasteiger partial charge in [0.1, 0.15) is 0 Å². The van der Waals surface area contributed by atoms with Crippen LogP contribution in [0.25, 0.3) is 6.08 Å². The summed E-state index contributed by atoms with van der Waals surface area (Å²) in [7, 11) is 0. The molecule has 0 unspecified atom stereocenters. The van der Waals surface area contributed by atoms with Crippen molar-refractivity contribution in [3.05, 3.63) is 70.4 Å². The Morgan fingerprint density at radius 2 is 2.09 bits per heavy atom. The van der Waals surface area contributed by atoms with Crippen LogP contribution in [0.2, 0.25) is 0 Å². The van der Waals surface area contributed by atoms with Crippen molar-refractivity contribution in [1.82, 2.24) is 9.88 Å². The van der Waals surface area contributed by atoms with E-state index in [9.17, 15) is 9.59 Å². The second kappa shape index (κ2) is 6.15. The van der Waals surface area contributed by atoms with Crippen LogP contribution in [0.15, 0.2) is 53.7 Å². The lowest BCUT2D eigenvalue weighted by molar-refractivity contribution is -0.123. The van der Waals surface area contributed by atoms with Crippen molar-refractivity contribution in [2.75, 3.05) is 0 Å². The molecule has 0 atom stereocenters. The molecule has 1 saturated heterocycles. The Labute approximate surface area is 132 Å². The van der Waals surface area contributed by atoms with E-state index >= 15 is 0 Å². The fourth-order valence-electron chi connectivity index (χ4n) is 2.24. The van der Waals surface area contributed by atoms with Crippen molar-refractivity contribution in [2.45, 2.75) is 13.5 Å². The van der Waals surface area contributed by atoms with Gasteiger partial charge in [-0.15, -0.1) is 0 Å². The highest BCUT2D eigenvalue weighted by molar-refractivity contribution is 8.18. The summed E-state index contributed by atoms with van der Waals surface area (Å²) in [5.74, 6) is -0.250. The Morgan fingerprint density at radius 3 is 2.82 bits per heavy atom. The normalized spacial score (nSPS) is 16.6. The molecule has 1 aromatic carbocycles. The molecule has 0 radical (unpaired) electrons. The maximum Gasteiger partial charge on any atom is 0.293 e. The summed E-state index contributed by atoms with van der Waals surface area (Å²) in [6.45, 7) is 2.29. The first-order valence-corrected chi connectivity index (χ1v) is 7.66. The number of hydrogen-bond acceptors (Lipinski definition) is 4. The third kappa shape index (κ3) is 3.09.